The maximum Gasteiger partial charge on any atom is 0.188 e. The molecule has 7 heteroatoms. The van der Waals surface area contributed by atoms with Crippen LogP contribution in [0.2, 0.25) is 10.0 Å². The molecule has 19 heavy (non-hydrogen) atoms. The SMILES string of the molecule is NC(=NO)c1cc(Oc2ccc(Cl)c(Cl)c2)ccn1. The highest BCUT2D eigenvalue weighted by Crippen LogP contribution is 2.29. The van der Waals surface area contributed by atoms with Crippen molar-refractivity contribution in [2.24, 2.45) is 10.9 Å². The van der Waals surface area contributed by atoms with Gasteiger partial charge in [0.15, 0.2) is 5.84 Å². The molecule has 0 aliphatic carbocycles. The lowest BCUT2D eigenvalue weighted by atomic mass is 10.3. The van der Waals surface area contributed by atoms with Gasteiger partial charge in [-0.2, -0.15) is 0 Å². The standard InChI is InChI=1S/C12H9Cl2N3O2/c13-9-2-1-7(5-10(9)14)19-8-3-4-16-11(6-8)12(15)17-18/h1-6,18H,(H2,15,17). The summed E-state index contributed by atoms with van der Waals surface area (Å²) in [5.41, 5.74) is 5.75. The lowest BCUT2D eigenvalue weighted by Gasteiger charge is -2.07. The average Bonchev–Trinajstić information content (AvgIpc) is 2.42. The van der Waals surface area contributed by atoms with Crippen LogP contribution in [0, 0.1) is 0 Å². The van der Waals surface area contributed by atoms with Crippen molar-refractivity contribution in [3.8, 4) is 11.5 Å². The number of pyridine rings is 1. The van der Waals surface area contributed by atoms with Crippen molar-refractivity contribution >= 4 is 29.0 Å². The molecule has 0 amide bonds. The van der Waals surface area contributed by atoms with Crippen molar-refractivity contribution in [1.29, 1.82) is 0 Å². The fourth-order valence-corrected chi connectivity index (χ4v) is 1.63. The lowest BCUT2D eigenvalue weighted by Crippen LogP contribution is -2.14. The van der Waals surface area contributed by atoms with E-state index in [1.54, 1.807) is 24.3 Å². The van der Waals surface area contributed by atoms with Gasteiger partial charge in [0.1, 0.15) is 17.2 Å². The Morgan fingerprint density at radius 1 is 1.16 bits per heavy atom. The fraction of sp³-hybridized carbons (Fsp3) is 0. The number of rotatable bonds is 3. The van der Waals surface area contributed by atoms with E-state index < -0.39 is 0 Å². The monoisotopic (exact) mass is 297 g/mol. The lowest BCUT2D eigenvalue weighted by molar-refractivity contribution is 0.318. The minimum Gasteiger partial charge on any atom is -0.457 e. The van der Waals surface area contributed by atoms with Crippen LogP contribution in [-0.4, -0.2) is 16.0 Å². The third-order valence-electron chi connectivity index (χ3n) is 2.23. The topological polar surface area (TPSA) is 80.7 Å². The summed E-state index contributed by atoms with van der Waals surface area (Å²) in [4.78, 5) is 3.94. The maximum atomic E-state index is 8.59. The highest BCUT2D eigenvalue weighted by atomic mass is 35.5. The van der Waals surface area contributed by atoms with Crippen LogP contribution in [0.3, 0.4) is 0 Å². The van der Waals surface area contributed by atoms with Crippen LogP contribution < -0.4 is 10.5 Å². The van der Waals surface area contributed by atoms with Crippen LogP contribution in [0.1, 0.15) is 5.69 Å². The van der Waals surface area contributed by atoms with Gasteiger partial charge in [-0.25, -0.2) is 0 Å². The van der Waals surface area contributed by atoms with E-state index in [0.717, 1.165) is 0 Å². The van der Waals surface area contributed by atoms with E-state index in [9.17, 15) is 0 Å². The number of amidine groups is 1. The number of hydrogen-bond acceptors (Lipinski definition) is 4. The molecule has 2 rings (SSSR count). The molecular weight excluding hydrogens is 289 g/mol. The number of oxime groups is 1. The maximum absolute atomic E-state index is 8.59. The number of hydrogen-bond donors (Lipinski definition) is 2. The van der Waals surface area contributed by atoms with Gasteiger partial charge in [0.05, 0.1) is 10.0 Å². The first-order chi connectivity index (χ1) is 9.10. The van der Waals surface area contributed by atoms with Crippen molar-refractivity contribution in [3.05, 3.63) is 52.3 Å². The Morgan fingerprint density at radius 2 is 1.89 bits per heavy atom. The molecule has 2 aromatic rings. The predicted octanol–water partition coefficient (Wildman–Crippen LogP) is 3.28. The van der Waals surface area contributed by atoms with Gasteiger partial charge in [-0.1, -0.05) is 28.4 Å². The van der Waals surface area contributed by atoms with Gasteiger partial charge in [0, 0.05) is 18.3 Å². The molecule has 0 aliphatic heterocycles. The summed E-state index contributed by atoms with van der Waals surface area (Å²) in [6.45, 7) is 0. The third-order valence-corrected chi connectivity index (χ3v) is 2.97. The van der Waals surface area contributed by atoms with Crippen LogP contribution in [0.25, 0.3) is 0 Å². The first kappa shape index (κ1) is 13.5. The zero-order chi connectivity index (χ0) is 13.8. The van der Waals surface area contributed by atoms with Crippen LogP contribution in [0.15, 0.2) is 41.7 Å². The molecule has 0 bridgehead atoms. The summed E-state index contributed by atoms with van der Waals surface area (Å²) in [5, 5.41) is 12.3. The first-order valence-electron chi connectivity index (χ1n) is 5.17. The normalized spacial score (nSPS) is 11.4. The molecule has 0 spiro atoms. The summed E-state index contributed by atoms with van der Waals surface area (Å²) >= 11 is 11.7. The molecular formula is C12H9Cl2N3O2. The Bertz CT molecular complexity index is 632. The summed E-state index contributed by atoms with van der Waals surface area (Å²) < 4.78 is 5.57. The quantitative estimate of drug-likeness (QED) is 0.394. The molecule has 1 aromatic heterocycles. The number of benzene rings is 1. The predicted molar refractivity (Wildman–Crippen MR) is 73.3 cm³/mol. The number of aromatic nitrogens is 1. The van der Waals surface area contributed by atoms with Crippen molar-refractivity contribution in [2.75, 3.05) is 0 Å². The van der Waals surface area contributed by atoms with E-state index in [1.165, 1.54) is 12.3 Å². The number of halogens is 2. The molecule has 98 valence electrons. The highest BCUT2D eigenvalue weighted by molar-refractivity contribution is 6.42. The Hall–Kier alpha value is -1.98. The second kappa shape index (κ2) is 5.77. The Labute approximate surface area is 119 Å². The third kappa shape index (κ3) is 3.27. The fourth-order valence-electron chi connectivity index (χ4n) is 1.34. The number of nitrogens with zero attached hydrogens (tertiary/aromatic N) is 2. The summed E-state index contributed by atoms with van der Waals surface area (Å²) in [5.74, 6) is 0.903. The molecule has 0 aliphatic rings. The van der Waals surface area contributed by atoms with E-state index in [2.05, 4.69) is 10.1 Å². The Morgan fingerprint density at radius 3 is 2.58 bits per heavy atom. The molecule has 1 heterocycles. The second-order valence-electron chi connectivity index (χ2n) is 3.54. The molecule has 0 fully saturated rings. The molecule has 3 N–H and O–H groups in total. The van der Waals surface area contributed by atoms with Crippen LogP contribution in [-0.2, 0) is 0 Å². The van der Waals surface area contributed by atoms with E-state index in [-0.39, 0.29) is 5.84 Å². The van der Waals surface area contributed by atoms with E-state index in [4.69, 9.17) is 38.9 Å². The zero-order valence-corrected chi connectivity index (χ0v) is 11.1. The zero-order valence-electron chi connectivity index (χ0n) is 9.55. The average molecular weight is 298 g/mol. The van der Waals surface area contributed by atoms with Gasteiger partial charge in [-0.15, -0.1) is 0 Å². The largest absolute Gasteiger partial charge is 0.457 e. The highest BCUT2D eigenvalue weighted by Gasteiger charge is 2.05. The molecule has 0 saturated heterocycles. The molecule has 0 saturated carbocycles. The van der Waals surface area contributed by atoms with Crippen LogP contribution >= 0.6 is 23.2 Å². The molecule has 1 aromatic carbocycles. The molecule has 0 unspecified atom stereocenters. The van der Waals surface area contributed by atoms with Crippen molar-refractivity contribution in [2.45, 2.75) is 0 Å². The van der Waals surface area contributed by atoms with Crippen LogP contribution in [0.4, 0.5) is 0 Å². The van der Waals surface area contributed by atoms with Gasteiger partial charge in [-0.05, 0) is 18.2 Å². The van der Waals surface area contributed by atoms with Gasteiger partial charge in [-0.3, -0.25) is 4.98 Å². The van der Waals surface area contributed by atoms with E-state index in [0.29, 0.717) is 27.2 Å². The second-order valence-corrected chi connectivity index (χ2v) is 4.35. The Balaban J connectivity index is 2.26. The van der Waals surface area contributed by atoms with E-state index in [1.807, 2.05) is 0 Å². The van der Waals surface area contributed by atoms with Gasteiger partial charge in [0.2, 0.25) is 0 Å². The smallest absolute Gasteiger partial charge is 0.188 e. The van der Waals surface area contributed by atoms with Crippen molar-refractivity contribution in [3.63, 3.8) is 0 Å². The molecule has 0 radical (unpaired) electrons. The van der Waals surface area contributed by atoms with Crippen LogP contribution in [0.5, 0.6) is 11.5 Å². The first-order valence-corrected chi connectivity index (χ1v) is 5.92. The van der Waals surface area contributed by atoms with Crippen molar-refractivity contribution in [1.82, 2.24) is 4.98 Å². The minimum atomic E-state index is -0.0976. The van der Waals surface area contributed by atoms with Gasteiger partial charge < -0.3 is 15.7 Å². The summed E-state index contributed by atoms with van der Waals surface area (Å²) in [6.07, 6.45) is 1.49. The minimum absolute atomic E-state index is 0.0976. The summed E-state index contributed by atoms with van der Waals surface area (Å²) in [6, 6.07) is 8.07. The number of ether oxygens (including phenoxy) is 1. The Kier molecular flexibility index (Phi) is 4.09. The molecule has 0 atom stereocenters. The molecule has 5 nitrogen and oxygen atoms in total. The summed E-state index contributed by atoms with van der Waals surface area (Å²) in [7, 11) is 0. The van der Waals surface area contributed by atoms with Gasteiger partial charge >= 0.3 is 0 Å². The number of nitrogens with two attached hydrogens (primary N) is 1. The van der Waals surface area contributed by atoms with E-state index >= 15 is 0 Å². The van der Waals surface area contributed by atoms with Gasteiger partial charge in [0.25, 0.3) is 0 Å². The van der Waals surface area contributed by atoms with Crippen molar-refractivity contribution < 1.29 is 9.94 Å².